The van der Waals surface area contributed by atoms with Crippen molar-refractivity contribution in [2.45, 2.75) is 44.8 Å². The highest BCUT2D eigenvalue weighted by Crippen LogP contribution is 2.31. The van der Waals surface area contributed by atoms with Crippen molar-refractivity contribution in [3.8, 4) is 5.75 Å². The van der Waals surface area contributed by atoms with Crippen LogP contribution in [0.1, 0.15) is 43.0 Å². The molecule has 1 aliphatic carbocycles. The standard InChI is InChI=1S/C20H25N3O4S/c1-12-3-5-14(6-4-12)22-20(25)23-9-15(10-23)27-16-7-13(19(24)26-2)8-17-18(16)21-11-28-17/h7-8,11-12,14-15H,3-6,9-10H2,1-2H3,(H,22,25). The number of urea groups is 1. The van der Waals surface area contributed by atoms with Gasteiger partial charge >= 0.3 is 12.0 Å². The second-order valence-corrected chi connectivity index (χ2v) is 8.60. The van der Waals surface area contributed by atoms with E-state index in [0.717, 1.165) is 29.0 Å². The van der Waals surface area contributed by atoms with Gasteiger partial charge in [0.25, 0.3) is 0 Å². The highest BCUT2D eigenvalue weighted by Gasteiger charge is 2.34. The number of ether oxygens (including phenoxy) is 2. The smallest absolute Gasteiger partial charge is 0.338 e. The van der Waals surface area contributed by atoms with Crippen LogP contribution < -0.4 is 10.1 Å². The number of methoxy groups -OCH3 is 1. The number of esters is 1. The van der Waals surface area contributed by atoms with Gasteiger partial charge in [-0.05, 0) is 43.7 Å². The van der Waals surface area contributed by atoms with Gasteiger partial charge in [-0.15, -0.1) is 11.3 Å². The van der Waals surface area contributed by atoms with Crippen LogP contribution in [0, 0.1) is 5.92 Å². The van der Waals surface area contributed by atoms with E-state index in [0.29, 0.717) is 24.4 Å². The highest BCUT2D eigenvalue weighted by atomic mass is 32.1. The lowest BCUT2D eigenvalue weighted by molar-refractivity contribution is 0.0434. The third kappa shape index (κ3) is 3.92. The Bertz CT molecular complexity index is 869. The first-order valence-corrected chi connectivity index (χ1v) is 10.6. The number of carbonyl (C=O) groups excluding carboxylic acids is 2. The van der Waals surface area contributed by atoms with E-state index in [1.54, 1.807) is 22.5 Å². The molecular weight excluding hydrogens is 378 g/mol. The van der Waals surface area contributed by atoms with Crippen LogP contribution in [-0.4, -0.2) is 54.2 Å². The Balaban J connectivity index is 1.35. The largest absolute Gasteiger partial charge is 0.484 e. The molecule has 0 atom stereocenters. The Morgan fingerprint density at radius 2 is 1.96 bits per heavy atom. The number of nitrogens with one attached hydrogen (secondary N) is 1. The predicted molar refractivity (Wildman–Crippen MR) is 107 cm³/mol. The molecule has 4 rings (SSSR count). The maximum absolute atomic E-state index is 12.4. The summed E-state index contributed by atoms with van der Waals surface area (Å²) in [5.74, 6) is 0.917. The molecule has 1 aromatic heterocycles. The monoisotopic (exact) mass is 403 g/mol. The molecule has 28 heavy (non-hydrogen) atoms. The predicted octanol–water partition coefficient (Wildman–Crippen LogP) is 3.43. The molecule has 1 aliphatic heterocycles. The van der Waals surface area contributed by atoms with Crippen molar-refractivity contribution in [1.29, 1.82) is 0 Å². The second kappa shape index (κ2) is 7.95. The maximum Gasteiger partial charge on any atom is 0.338 e. The number of fused-ring (bicyclic) bond motifs is 1. The summed E-state index contributed by atoms with van der Waals surface area (Å²) in [4.78, 5) is 30.4. The van der Waals surface area contributed by atoms with Crippen LogP contribution >= 0.6 is 11.3 Å². The van der Waals surface area contributed by atoms with Gasteiger partial charge < -0.3 is 19.7 Å². The van der Waals surface area contributed by atoms with E-state index >= 15 is 0 Å². The molecule has 1 aromatic carbocycles. The van der Waals surface area contributed by atoms with Gasteiger partial charge in [-0.25, -0.2) is 14.6 Å². The number of benzene rings is 1. The number of hydrogen-bond donors (Lipinski definition) is 1. The van der Waals surface area contributed by atoms with E-state index in [1.165, 1.54) is 31.3 Å². The number of carbonyl (C=O) groups is 2. The lowest BCUT2D eigenvalue weighted by Gasteiger charge is -2.40. The van der Waals surface area contributed by atoms with Crippen molar-refractivity contribution < 1.29 is 19.1 Å². The molecule has 0 radical (unpaired) electrons. The quantitative estimate of drug-likeness (QED) is 0.791. The molecule has 0 bridgehead atoms. The number of hydrogen-bond acceptors (Lipinski definition) is 6. The topological polar surface area (TPSA) is 80.8 Å². The van der Waals surface area contributed by atoms with E-state index in [-0.39, 0.29) is 18.2 Å². The van der Waals surface area contributed by atoms with Gasteiger partial charge in [0.05, 0.1) is 36.0 Å². The Morgan fingerprint density at radius 3 is 2.68 bits per heavy atom. The van der Waals surface area contributed by atoms with Crippen LogP contribution in [0.15, 0.2) is 17.6 Å². The molecule has 150 valence electrons. The zero-order valence-corrected chi connectivity index (χ0v) is 17.0. The summed E-state index contributed by atoms with van der Waals surface area (Å²) < 4.78 is 11.7. The van der Waals surface area contributed by atoms with Crippen LogP contribution in [0.25, 0.3) is 10.2 Å². The summed E-state index contributed by atoms with van der Waals surface area (Å²) in [5, 5.41) is 3.14. The summed E-state index contributed by atoms with van der Waals surface area (Å²) in [5.41, 5.74) is 2.90. The van der Waals surface area contributed by atoms with Crippen molar-refractivity contribution in [2.75, 3.05) is 20.2 Å². The maximum atomic E-state index is 12.4. The number of aromatic nitrogens is 1. The Hall–Kier alpha value is -2.35. The summed E-state index contributed by atoms with van der Waals surface area (Å²) in [6, 6.07) is 3.70. The SMILES string of the molecule is COC(=O)c1cc(OC2CN(C(=O)NC3CCC(C)CC3)C2)c2ncsc2c1. The Kier molecular flexibility index (Phi) is 5.39. The molecule has 8 heteroatoms. The van der Waals surface area contributed by atoms with Crippen LogP contribution in [0.2, 0.25) is 0 Å². The van der Waals surface area contributed by atoms with Crippen LogP contribution in [-0.2, 0) is 4.74 Å². The van der Waals surface area contributed by atoms with E-state index in [2.05, 4.69) is 17.2 Å². The summed E-state index contributed by atoms with van der Waals surface area (Å²) in [6.07, 6.45) is 4.37. The van der Waals surface area contributed by atoms with Gasteiger partial charge in [-0.2, -0.15) is 0 Å². The average molecular weight is 404 g/mol. The lowest BCUT2D eigenvalue weighted by atomic mass is 9.87. The molecule has 2 aromatic rings. The van der Waals surface area contributed by atoms with Crippen LogP contribution in [0.4, 0.5) is 4.79 Å². The number of nitrogens with zero attached hydrogens (tertiary/aromatic N) is 2. The minimum absolute atomic E-state index is 0.0125. The first-order chi connectivity index (χ1) is 13.5. The van der Waals surface area contributed by atoms with Gasteiger partial charge in [0.1, 0.15) is 17.4 Å². The first kappa shape index (κ1) is 19.0. The van der Waals surface area contributed by atoms with Gasteiger partial charge in [0, 0.05) is 6.04 Å². The number of likely N-dealkylation sites (tertiary alicyclic amines) is 1. The van der Waals surface area contributed by atoms with Crippen molar-refractivity contribution in [3.63, 3.8) is 0 Å². The highest BCUT2D eigenvalue weighted by molar-refractivity contribution is 7.16. The molecular formula is C20H25N3O4S. The Morgan fingerprint density at radius 1 is 1.21 bits per heavy atom. The first-order valence-electron chi connectivity index (χ1n) is 9.71. The number of thiazole rings is 1. The number of rotatable bonds is 4. The van der Waals surface area contributed by atoms with Crippen LogP contribution in [0.3, 0.4) is 0 Å². The zero-order valence-electron chi connectivity index (χ0n) is 16.1. The molecule has 7 nitrogen and oxygen atoms in total. The number of amides is 2. The fourth-order valence-corrected chi connectivity index (χ4v) is 4.52. The molecule has 1 saturated carbocycles. The minimum atomic E-state index is -0.406. The third-order valence-corrected chi connectivity index (χ3v) is 6.37. The van der Waals surface area contributed by atoms with E-state index in [4.69, 9.17) is 9.47 Å². The lowest BCUT2D eigenvalue weighted by Crippen LogP contribution is -2.60. The van der Waals surface area contributed by atoms with Crippen LogP contribution in [0.5, 0.6) is 5.75 Å². The summed E-state index contributed by atoms with van der Waals surface area (Å²) in [6.45, 7) is 3.33. The van der Waals surface area contributed by atoms with Crippen molar-refractivity contribution in [1.82, 2.24) is 15.2 Å². The Labute approximate surface area is 168 Å². The van der Waals surface area contributed by atoms with Gasteiger partial charge in [0.15, 0.2) is 0 Å². The van der Waals surface area contributed by atoms with Crippen molar-refractivity contribution >= 4 is 33.6 Å². The van der Waals surface area contributed by atoms with Crippen molar-refractivity contribution in [3.05, 3.63) is 23.2 Å². The minimum Gasteiger partial charge on any atom is -0.484 e. The van der Waals surface area contributed by atoms with E-state index in [1.807, 2.05) is 0 Å². The second-order valence-electron chi connectivity index (χ2n) is 7.72. The molecule has 2 fully saturated rings. The fourth-order valence-electron chi connectivity index (χ4n) is 3.79. The average Bonchev–Trinajstić information content (AvgIpc) is 3.14. The molecule has 1 saturated heterocycles. The zero-order chi connectivity index (χ0) is 19.7. The molecule has 2 heterocycles. The molecule has 0 spiro atoms. The van der Waals surface area contributed by atoms with E-state index in [9.17, 15) is 9.59 Å². The van der Waals surface area contributed by atoms with E-state index < -0.39 is 5.97 Å². The fraction of sp³-hybridized carbons (Fsp3) is 0.550. The molecule has 1 N–H and O–H groups in total. The van der Waals surface area contributed by atoms with Crippen molar-refractivity contribution in [2.24, 2.45) is 5.92 Å². The normalized spacial score (nSPS) is 22.6. The van der Waals surface area contributed by atoms with Gasteiger partial charge in [-0.3, -0.25) is 0 Å². The summed E-state index contributed by atoms with van der Waals surface area (Å²) in [7, 11) is 1.36. The summed E-state index contributed by atoms with van der Waals surface area (Å²) >= 11 is 1.45. The molecule has 2 amide bonds. The third-order valence-electron chi connectivity index (χ3n) is 5.59. The molecule has 2 aliphatic rings. The molecule has 0 unspecified atom stereocenters. The van der Waals surface area contributed by atoms with Gasteiger partial charge in [0.2, 0.25) is 0 Å². The van der Waals surface area contributed by atoms with Gasteiger partial charge in [-0.1, -0.05) is 6.92 Å².